The third-order valence-electron chi connectivity index (χ3n) is 5.57. The van der Waals surface area contributed by atoms with E-state index in [4.69, 9.17) is 14.5 Å². The maximum absolute atomic E-state index is 13.1. The Morgan fingerprint density at radius 3 is 2.77 bits per heavy atom. The minimum absolute atomic E-state index is 0.189. The van der Waals surface area contributed by atoms with Gasteiger partial charge in [0.15, 0.2) is 0 Å². The molecule has 30 heavy (non-hydrogen) atoms. The van der Waals surface area contributed by atoms with E-state index < -0.39 is 0 Å². The summed E-state index contributed by atoms with van der Waals surface area (Å²) in [5.41, 5.74) is 4.28. The molecule has 6 nitrogen and oxygen atoms in total. The number of ether oxygens (including phenoxy) is 2. The number of carbonyl (C=O) groups excluding carboxylic acids is 1. The fourth-order valence-corrected chi connectivity index (χ4v) is 4.01. The van der Waals surface area contributed by atoms with Crippen LogP contribution in [0, 0.1) is 5.92 Å². The number of carbonyl (C=O) groups is 1. The molecular weight excluding hydrogens is 378 g/mol. The van der Waals surface area contributed by atoms with Crippen LogP contribution in [0.25, 0.3) is 5.65 Å². The van der Waals surface area contributed by atoms with Crippen molar-refractivity contribution in [2.45, 2.75) is 39.0 Å². The van der Waals surface area contributed by atoms with Crippen molar-refractivity contribution in [3.05, 3.63) is 59.5 Å². The summed E-state index contributed by atoms with van der Waals surface area (Å²) in [5, 5.41) is 3.07. The molecule has 3 heterocycles. The quantitative estimate of drug-likeness (QED) is 0.644. The van der Waals surface area contributed by atoms with Crippen LogP contribution in [0.1, 0.15) is 54.2 Å². The van der Waals surface area contributed by atoms with Crippen LogP contribution < -0.4 is 10.1 Å². The highest BCUT2D eigenvalue weighted by molar-refractivity contribution is 6.06. The number of fused-ring (bicyclic) bond motifs is 1. The molecule has 1 aromatic carbocycles. The lowest BCUT2D eigenvalue weighted by Crippen LogP contribution is -2.15. The van der Waals surface area contributed by atoms with E-state index in [0.717, 1.165) is 55.1 Å². The minimum Gasteiger partial charge on any atom is -0.496 e. The van der Waals surface area contributed by atoms with Gasteiger partial charge >= 0.3 is 0 Å². The first kappa shape index (κ1) is 20.4. The third-order valence-corrected chi connectivity index (χ3v) is 5.57. The first-order valence-corrected chi connectivity index (χ1v) is 10.6. The second-order valence-electron chi connectivity index (χ2n) is 8.28. The molecule has 0 spiro atoms. The van der Waals surface area contributed by atoms with Crippen LogP contribution in [0.3, 0.4) is 0 Å². The first-order valence-electron chi connectivity index (χ1n) is 10.6. The highest BCUT2D eigenvalue weighted by Crippen LogP contribution is 2.29. The number of nitrogens with zero attached hydrogens (tertiary/aromatic N) is 2. The van der Waals surface area contributed by atoms with Crippen molar-refractivity contribution in [1.82, 2.24) is 9.38 Å². The molecule has 0 aliphatic carbocycles. The SMILES string of the molecule is COc1cc2nc(C3CCOCC3)cn2cc1C(=O)Nc1ccccc1CC(C)C. The number of hydrogen-bond acceptors (Lipinski definition) is 4. The molecule has 6 heteroatoms. The van der Waals surface area contributed by atoms with E-state index in [1.165, 1.54) is 0 Å². The number of imidazole rings is 1. The number of benzene rings is 1. The van der Waals surface area contributed by atoms with Crippen LogP contribution in [0.4, 0.5) is 5.69 Å². The number of methoxy groups -OCH3 is 1. The molecule has 0 atom stereocenters. The first-order chi connectivity index (χ1) is 14.5. The van der Waals surface area contributed by atoms with Crippen LogP contribution >= 0.6 is 0 Å². The molecule has 2 aromatic heterocycles. The lowest BCUT2D eigenvalue weighted by atomic mass is 9.97. The van der Waals surface area contributed by atoms with Crippen LogP contribution in [0.15, 0.2) is 42.7 Å². The number of amides is 1. The van der Waals surface area contributed by atoms with E-state index in [1.807, 2.05) is 41.1 Å². The summed E-state index contributed by atoms with van der Waals surface area (Å²) < 4.78 is 12.9. The summed E-state index contributed by atoms with van der Waals surface area (Å²) in [6, 6.07) is 9.78. The van der Waals surface area contributed by atoms with Gasteiger partial charge < -0.3 is 19.2 Å². The largest absolute Gasteiger partial charge is 0.496 e. The van der Waals surface area contributed by atoms with Gasteiger partial charge in [-0.2, -0.15) is 0 Å². The third kappa shape index (κ3) is 4.33. The van der Waals surface area contributed by atoms with Gasteiger partial charge in [0.1, 0.15) is 11.4 Å². The number of aromatic nitrogens is 2. The van der Waals surface area contributed by atoms with Gasteiger partial charge in [-0.3, -0.25) is 4.79 Å². The molecule has 0 saturated carbocycles. The van der Waals surface area contributed by atoms with Crippen molar-refractivity contribution in [3.63, 3.8) is 0 Å². The van der Waals surface area contributed by atoms with E-state index >= 15 is 0 Å². The Morgan fingerprint density at radius 1 is 1.27 bits per heavy atom. The molecule has 1 aliphatic rings. The lowest BCUT2D eigenvalue weighted by Gasteiger charge is -2.19. The molecule has 4 rings (SSSR count). The van der Waals surface area contributed by atoms with E-state index in [0.29, 0.717) is 23.1 Å². The Kier molecular flexibility index (Phi) is 6.04. The standard InChI is InChI=1S/C24H29N3O3/c1-16(2)12-18-6-4-5-7-20(18)26-24(28)19-14-27-15-21(17-8-10-30-11-9-17)25-23(27)13-22(19)29-3/h4-7,13-17H,8-12H2,1-3H3,(H,26,28). The van der Waals surface area contributed by atoms with Gasteiger partial charge in [-0.15, -0.1) is 0 Å². The normalized spacial score (nSPS) is 14.9. The Balaban J connectivity index is 1.63. The molecule has 3 aromatic rings. The summed E-state index contributed by atoms with van der Waals surface area (Å²) >= 11 is 0. The van der Waals surface area contributed by atoms with Crippen LogP contribution in [-0.2, 0) is 11.2 Å². The Morgan fingerprint density at radius 2 is 2.03 bits per heavy atom. The molecule has 1 fully saturated rings. The molecule has 0 bridgehead atoms. The Hall–Kier alpha value is -2.86. The van der Waals surface area contributed by atoms with Crippen molar-refractivity contribution in [2.75, 3.05) is 25.6 Å². The monoisotopic (exact) mass is 407 g/mol. The fraction of sp³-hybridized carbons (Fsp3) is 0.417. The smallest absolute Gasteiger partial charge is 0.260 e. The molecule has 1 aliphatic heterocycles. The van der Waals surface area contributed by atoms with Crippen molar-refractivity contribution in [1.29, 1.82) is 0 Å². The number of para-hydroxylation sites is 1. The highest BCUT2D eigenvalue weighted by atomic mass is 16.5. The predicted octanol–water partition coefficient (Wildman–Crippen LogP) is 4.69. The second-order valence-corrected chi connectivity index (χ2v) is 8.28. The second kappa shape index (κ2) is 8.88. The summed E-state index contributed by atoms with van der Waals surface area (Å²) in [4.78, 5) is 17.9. The van der Waals surface area contributed by atoms with Crippen molar-refractivity contribution in [3.8, 4) is 5.75 Å². The van der Waals surface area contributed by atoms with Gasteiger partial charge in [0.25, 0.3) is 5.91 Å². The van der Waals surface area contributed by atoms with E-state index in [9.17, 15) is 4.79 Å². The summed E-state index contributed by atoms with van der Waals surface area (Å²) in [7, 11) is 1.58. The van der Waals surface area contributed by atoms with Gasteiger partial charge in [-0.1, -0.05) is 32.0 Å². The Labute approximate surface area is 177 Å². The summed E-state index contributed by atoms with van der Waals surface area (Å²) in [5.74, 6) is 1.23. The predicted molar refractivity (Wildman–Crippen MR) is 117 cm³/mol. The average Bonchev–Trinajstić information content (AvgIpc) is 3.17. The van der Waals surface area contributed by atoms with E-state index in [1.54, 1.807) is 7.11 Å². The van der Waals surface area contributed by atoms with Crippen LogP contribution in [0.2, 0.25) is 0 Å². The number of nitrogens with one attached hydrogen (secondary N) is 1. The zero-order valence-corrected chi connectivity index (χ0v) is 17.9. The maximum atomic E-state index is 13.1. The molecule has 0 unspecified atom stereocenters. The fourth-order valence-electron chi connectivity index (χ4n) is 4.01. The number of hydrogen-bond donors (Lipinski definition) is 1. The number of rotatable bonds is 6. The molecule has 1 amide bonds. The van der Waals surface area contributed by atoms with Crippen molar-refractivity contribution in [2.24, 2.45) is 5.92 Å². The van der Waals surface area contributed by atoms with Gasteiger partial charge in [0, 0.05) is 43.3 Å². The van der Waals surface area contributed by atoms with Gasteiger partial charge in [0.2, 0.25) is 0 Å². The number of anilines is 1. The maximum Gasteiger partial charge on any atom is 0.260 e. The summed E-state index contributed by atoms with van der Waals surface area (Å²) in [6.45, 7) is 5.88. The Bertz CT molecular complexity index is 1040. The lowest BCUT2D eigenvalue weighted by molar-refractivity contribution is 0.0846. The van der Waals surface area contributed by atoms with Gasteiger partial charge in [0.05, 0.1) is 18.4 Å². The average molecular weight is 408 g/mol. The van der Waals surface area contributed by atoms with Gasteiger partial charge in [-0.05, 0) is 36.8 Å². The van der Waals surface area contributed by atoms with E-state index in [2.05, 4.69) is 25.2 Å². The minimum atomic E-state index is -0.189. The molecular formula is C24H29N3O3. The zero-order chi connectivity index (χ0) is 21.1. The molecule has 158 valence electrons. The molecule has 1 saturated heterocycles. The number of pyridine rings is 1. The van der Waals surface area contributed by atoms with E-state index in [-0.39, 0.29) is 5.91 Å². The van der Waals surface area contributed by atoms with Crippen LogP contribution in [-0.4, -0.2) is 35.6 Å². The summed E-state index contributed by atoms with van der Waals surface area (Å²) in [6.07, 6.45) is 6.68. The highest BCUT2D eigenvalue weighted by Gasteiger charge is 2.21. The molecule has 1 N–H and O–H groups in total. The van der Waals surface area contributed by atoms with Crippen molar-refractivity contribution < 1.29 is 14.3 Å². The van der Waals surface area contributed by atoms with Crippen molar-refractivity contribution >= 4 is 17.2 Å². The van der Waals surface area contributed by atoms with Gasteiger partial charge in [-0.25, -0.2) is 4.98 Å². The zero-order valence-electron chi connectivity index (χ0n) is 17.9. The van der Waals surface area contributed by atoms with Crippen LogP contribution in [0.5, 0.6) is 5.75 Å². The topological polar surface area (TPSA) is 64.9 Å². The molecule has 0 radical (unpaired) electrons.